The van der Waals surface area contributed by atoms with E-state index < -0.39 is 0 Å². The standard InChI is InChI=1S/C15H35N3/c1-9-16-14(15(4,5)6)12-18(10-2)13(3)11-17(7)8/h13-14,16H,9-12H2,1-8H3. The summed E-state index contributed by atoms with van der Waals surface area (Å²) in [5.74, 6) is 0. The minimum atomic E-state index is 0.307. The minimum absolute atomic E-state index is 0.307. The van der Waals surface area contributed by atoms with Gasteiger partial charge in [-0.3, -0.25) is 4.90 Å². The van der Waals surface area contributed by atoms with Crippen LogP contribution >= 0.6 is 0 Å². The smallest absolute Gasteiger partial charge is 0.0243 e. The van der Waals surface area contributed by atoms with Gasteiger partial charge >= 0.3 is 0 Å². The third-order valence-corrected chi connectivity index (χ3v) is 3.57. The van der Waals surface area contributed by atoms with Crippen LogP contribution < -0.4 is 5.32 Å². The van der Waals surface area contributed by atoms with E-state index >= 15 is 0 Å². The Morgan fingerprint density at radius 3 is 1.94 bits per heavy atom. The molecule has 110 valence electrons. The zero-order chi connectivity index (χ0) is 14.3. The second kappa shape index (κ2) is 8.13. The third-order valence-electron chi connectivity index (χ3n) is 3.57. The Morgan fingerprint density at radius 1 is 1.06 bits per heavy atom. The van der Waals surface area contributed by atoms with Crippen molar-refractivity contribution in [2.75, 3.05) is 40.3 Å². The minimum Gasteiger partial charge on any atom is -0.312 e. The third kappa shape index (κ3) is 6.72. The number of nitrogens with one attached hydrogen (secondary N) is 1. The van der Waals surface area contributed by atoms with Gasteiger partial charge in [0.2, 0.25) is 0 Å². The predicted molar refractivity (Wildman–Crippen MR) is 82.2 cm³/mol. The van der Waals surface area contributed by atoms with Gasteiger partial charge in [0, 0.05) is 25.2 Å². The van der Waals surface area contributed by atoms with Crippen molar-refractivity contribution in [3.63, 3.8) is 0 Å². The van der Waals surface area contributed by atoms with Crippen LogP contribution in [0.1, 0.15) is 41.5 Å². The summed E-state index contributed by atoms with van der Waals surface area (Å²) in [7, 11) is 4.30. The molecule has 0 amide bonds. The second-order valence-electron chi connectivity index (χ2n) is 6.68. The predicted octanol–water partition coefficient (Wildman–Crippen LogP) is 2.28. The molecule has 1 N–H and O–H groups in total. The molecule has 2 unspecified atom stereocenters. The fourth-order valence-corrected chi connectivity index (χ4v) is 2.39. The average molecular weight is 257 g/mol. The molecular weight excluding hydrogens is 222 g/mol. The van der Waals surface area contributed by atoms with Crippen molar-refractivity contribution in [2.24, 2.45) is 5.41 Å². The molecule has 0 rings (SSSR count). The molecule has 3 heteroatoms. The normalized spacial score (nSPS) is 16.3. The van der Waals surface area contributed by atoms with Crippen molar-refractivity contribution in [1.82, 2.24) is 15.1 Å². The molecule has 0 saturated carbocycles. The van der Waals surface area contributed by atoms with Crippen LogP contribution in [0.25, 0.3) is 0 Å². The fourth-order valence-electron chi connectivity index (χ4n) is 2.39. The summed E-state index contributed by atoms with van der Waals surface area (Å²) in [6.45, 7) is 18.2. The number of nitrogens with zero attached hydrogens (tertiary/aromatic N) is 2. The SMILES string of the molecule is CCNC(CN(CC)C(C)CN(C)C)C(C)(C)C. The summed E-state index contributed by atoms with van der Waals surface area (Å²) in [6, 6.07) is 1.15. The fraction of sp³-hybridized carbons (Fsp3) is 1.00. The number of rotatable bonds is 8. The van der Waals surface area contributed by atoms with Crippen molar-refractivity contribution >= 4 is 0 Å². The van der Waals surface area contributed by atoms with Crippen LogP contribution in [0.3, 0.4) is 0 Å². The zero-order valence-electron chi connectivity index (χ0n) is 13.9. The maximum absolute atomic E-state index is 3.64. The van der Waals surface area contributed by atoms with Crippen LogP contribution in [0.5, 0.6) is 0 Å². The Kier molecular flexibility index (Phi) is 8.08. The molecule has 18 heavy (non-hydrogen) atoms. The van der Waals surface area contributed by atoms with Crippen LogP contribution in [0.2, 0.25) is 0 Å². The first kappa shape index (κ1) is 17.9. The molecule has 3 nitrogen and oxygen atoms in total. The lowest BCUT2D eigenvalue weighted by Gasteiger charge is -2.38. The Morgan fingerprint density at radius 2 is 1.61 bits per heavy atom. The summed E-state index contributed by atoms with van der Waals surface area (Å²) < 4.78 is 0. The summed E-state index contributed by atoms with van der Waals surface area (Å²) >= 11 is 0. The van der Waals surface area contributed by atoms with Crippen molar-refractivity contribution in [3.8, 4) is 0 Å². The van der Waals surface area contributed by atoms with E-state index in [2.05, 4.69) is 70.8 Å². The first-order valence-electron chi connectivity index (χ1n) is 7.34. The maximum Gasteiger partial charge on any atom is 0.0243 e. The Hall–Kier alpha value is -0.120. The molecule has 0 aliphatic carbocycles. The van der Waals surface area contributed by atoms with Gasteiger partial charge in [0.15, 0.2) is 0 Å². The van der Waals surface area contributed by atoms with Crippen molar-refractivity contribution in [1.29, 1.82) is 0 Å². The van der Waals surface area contributed by atoms with E-state index in [1.54, 1.807) is 0 Å². The van der Waals surface area contributed by atoms with Gasteiger partial charge in [0.25, 0.3) is 0 Å². The van der Waals surface area contributed by atoms with Gasteiger partial charge in [-0.25, -0.2) is 0 Å². The van der Waals surface area contributed by atoms with Crippen LogP contribution in [0.15, 0.2) is 0 Å². The summed E-state index contributed by atoms with van der Waals surface area (Å²) in [5.41, 5.74) is 0.307. The summed E-state index contributed by atoms with van der Waals surface area (Å²) in [6.07, 6.45) is 0. The highest BCUT2D eigenvalue weighted by atomic mass is 15.2. The Labute approximate surface area is 115 Å². The molecule has 0 aliphatic heterocycles. The lowest BCUT2D eigenvalue weighted by molar-refractivity contribution is 0.129. The Balaban J connectivity index is 4.55. The number of hydrogen-bond donors (Lipinski definition) is 1. The molecule has 0 radical (unpaired) electrons. The van der Waals surface area contributed by atoms with Gasteiger partial charge in [-0.05, 0) is 39.5 Å². The molecule has 0 fully saturated rings. The first-order valence-corrected chi connectivity index (χ1v) is 7.34. The highest BCUT2D eigenvalue weighted by molar-refractivity contribution is 4.84. The molecule has 2 atom stereocenters. The van der Waals surface area contributed by atoms with Crippen LogP contribution in [-0.2, 0) is 0 Å². The molecule has 0 aromatic heterocycles. The van der Waals surface area contributed by atoms with Crippen molar-refractivity contribution in [3.05, 3.63) is 0 Å². The van der Waals surface area contributed by atoms with Crippen molar-refractivity contribution in [2.45, 2.75) is 53.6 Å². The van der Waals surface area contributed by atoms with Crippen LogP contribution in [0, 0.1) is 5.41 Å². The average Bonchev–Trinajstić information content (AvgIpc) is 2.21. The van der Waals surface area contributed by atoms with E-state index in [1.165, 1.54) is 0 Å². The van der Waals surface area contributed by atoms with Gasteiger partial charge in [-0.15, -0.1) is 0 Å². The van der Waals surface area contributed by atoms with Crippen LogP contribution in [-0.4, -0.2) is 62.2 Å². The van der Waals surface area contributed by atoms with Crippen molar-refractivity contribution < 1.29 is 0 Å². The molecule has 0 spiro atoms. The van der Waals surface area contributed by atoms with Crippen LogP contribution in [0.4, 0.5) is 0 Å². The topological polar surface area (TPSA) is 18.5 Å². The lowest BCUT2D eigenvalue weighted by Crippen LogP contribution is -2.52. The zero-order valence-corrected chi connectivity index (χ0v) is 13.9. The van der Waals surface area contributed by atoms with Gasteiger partial charge in [0.05, 0.1) is 0 Å². The first-order chi connectivity index (χ1) is 8.22. The second-order valence-corrected chi connectivity index (χ2v) is 6.68. The summed E-state index contributed by atoms with van der Waals surface area (Å²) in [5, 5.41) is 3.64. The largest absolute Gasteiger partial charge is 0.312 e. The maximum atomic E-state index is 3.64. The highest BCUT2D eigenvalue weighted by Crippen LogP contribution is 2.20. The number of hydrogen-bond acceptors (Lipinski definition) is 3. The molecule has 0 aromatic carbocycles. The molecule has 0 heterocycles. The highest BCUT2D eigenvalue weighted by Gasteiger charge is 2.27. The van der Waals surface area contributed by atoms with E-state index in [-0.39, 0.29) is 0 Å². The van der Waals surface area contributed by atoms with Gasteiger partial charge in [-0.1, -0.05) is 34.6 Å². The monoisotopic (exact) mass is 257 g/mol. The van der Waals surface area contributed by atoms with E-state index in [0.717, 1.165) is 26.2 Å². The number of likely N-dealkylation sites (N-methyl/N-ethyl adjacent to an activating group) is 3. The Bertz CT molecular complexity index is 208. The van der Waals surface area contributed by atoms with Gasteiger partial charge in [0.1, 0.15) is 0 Å². The lowest BCUT2D eigenvalue weighted by atomic mass is 9.86. The molecule has 0 aliphatic rings. The van der Waals surface area contributed by atoms with E-state index in [4.69, 9.17) is 0 Å². The quantitative estimate of drug-likeness (QED) is 0.720. The van der Waals surface area contributed by atoms with Gasteiger partial charge in [-0.2, -0.15) is 0 Å². The molecular formula is C15H35N3. The van der Waals surface area contributed by atoms with E-state index in [0.29, 0.717) is 17.5 Å². The molecule has 0 aromatic rings. The molecule has 0 bridgehead atoms. The summed E-state index contributed by atoms with van der Waals surface area (Å²) in [4.78, 5) is 4.85. The van der Waals surface area contributed by atoms with E-state index in [9.17, 15) is 0 Å². The van der Waals surface area contributed by atoms with E-state index in [1.807, 2.05) is 0 Å². The molecule has 0 saturated heterocycles. The van der Waals surface area contributed by atoms with Gasteiger partial charge < -0.3 is 10.2 Å².